The van der Waals surface area contributed by atoms with Crippen LogP contribution in [0.15, 0.2) is 18.7 Å². The molecule has 4 nitrogen and oxygen atoms in total. The summed E-state index contributed by atoms with van der Waals surface area (Å²) in [6.07, 6.45) is 8.05. The predicted molar refractivity (Wildman–Crippen MR) is 62.9 cm³/mol. The van der Waals surface area contributed by atoms with E-state index >= 15 is 0 Å². The molecule has 0 fully saturated rings. The first kappa shape index (κ1) is 12.2. The van der Waals surface area contributed by atoms with Gasteiger partial charge < -0.3 is 15.2 Å². The summed E-state index contributed by atoms with van der Waals surface area (Å²) in [7, 11) is 0. The molecule has 0 bridgehead atoms. The van der Waals surface area contributed by atoms with Gasteiger partial charge in [0.1, 0.15) is 0 Å². The fourth-order valence-electron chi connectivity index (χ4n) is 1.41. The first-order valence-corrected chi connectivity index (χ1v) is 5.80. The molecule has 0 spiro atoms. The Morgan fingerprint density at radius 1 is 1.13 bits per heavy atom. The van der Waals surface area contributed by atoms with Crippen LogP contribution in [-0.4, -0.2) is 35.7 Å². The summed E-state index contributed by atoms with van der Waals surface area (Å²) in [5, 5.41) is 6.77. The molecule has 0 saturated heterocycles. The molecule has 0 atom stereocenters. The second-order valence-corrected chi connectivity index (χ2v) is 3.65. The highest BCUT2D eigenvalue weighted by Gasteiger charge is 1.90. The average molecular weight is 210 g/mol. The maximum Gasteiger partial charge on any atom is 0.0945 e. The SMILES string of the molecule is CCCNCCNCCCn1ccnc1. The van der Waals surface area contributed by atoms with E-state index in [1.165, 1.54) is 6.42 Å². The number of aromatic nitrogens is 2. The van der Waals surface area contributed by atoms with E-state index in [4.69, 9.17) is 0 Å². The van der Waals surface area contributed by atoms with Crippen molar-refractivity contribution >= 4 is 0 Å². The molecule has 86 valence electrons. The Morgan fingerprint density at radius 2 is 1.93 bits per heavy atom. The summed E-state index contributed by atoms with van der Waals surface area (Å²) in [5.74, 6) is 0. The molecule has 0 aliphatic carbocycles. The van der Waals surface area contributed by atoms with Gasteiger partial charge in [-0.25, -0.2) is 4.98 Å². The molecule has 0 aliphatic heterocycles. The van der Waals surface area contributed by atoms with E-state index in [0.29, 0.717) is 0 Å². The lowest BCUT2D eigenvalue weighted by Crippen LogP contribution is -2.28. The zero-order valence-corrected chi connectivity index (χ0v) is 9.58. The van der Waals surface area contributed by atoms with Crippen molar-refractivity contribution in [2.45, 2.75) is 26.3 Å². The molecule has 1 aromatic rings. The summed E-state index contributed by atoms with van der Waals surface area (Å²) >= 11 is 0. The lowest BCUT2D eigenvalue weighted by molar-refractivity contribution is 0.560. The predicted octanol–water partition coefficient (Wildman–Crippen LogP) is 0.862. The Hall–Kier alpha value is -0.870. The number of rotatable bonds is 9. The van der Waals surface area contributed by atoms with Crippen molar-refractivity contribution in [1.82, 2.24) is 20.2 Å². The number of nitrogens with one attached hydrogen (secondary N) is 2. The molecule has 4 heteroatoms. The van der Waals surface area contributed by atoms with Crippen LogP contribution in [0.1, 0.15) is 19.8 Å². The van der Waals surface area contributed by atoms with Gasteiger partial charge in [0.15, 0.2) is 0 Å². The third-order valence-corrected chi connectivity index (χ3v) is 2.23. The van der Waals surface area contributed by atoms with Crippen LogP contribution < -0.4 is 10.6 Å². The van der Waals surface area contributed by atoms with E-state index in [-0.39, 0.29) is 0 Å². The molecule has 1 rings (SSSR count). The van der Waals surface area contributed by atoms with Gasteiger partial charge in [-0.05, 0) is 25.9 Å². The monoisotopic (exact) mass is 210 g/mol. The molecule has 0 unspecified atom stereocenters. The standard InChI is InChI=1S/C11H22N4/c1-2-4-12-6-7-13-5-3-9-15-10-8-14-11-15/h8,10-13H,2-7,9H2,1H3. The fourth-order valence-corrected chi connectivity index (χ4v) is 1.41. The lowest BCUT2D eigenvalue weighted by Gasteiger charge is -2.06. The van der Waals surface area contributed by atoms with Crippen LogP contribution in [0.4, 0.5) is 0 Å². The Balaban J connectivity index is 1.81. The second-order valence-electron chi connectivity index (χ2n) is 3.65. The molecule has 0 radical (unpaired) electrons. The number of hydrogen-bond acceptors (Lipinski definition) is 3. The average Bonchev–Trinajstić information content (AvgIpc) is 2.75. The van der Waals surface area contributed by atoms with Crippen LogP contribution in [0.5, 0.6) is 0 Å². The van der Waals surface area contributed by atoms with Crippen molar-refractivity contribution in [1.29, 1.82) is 0 Å². The van der Waals surface area contributed by atoms with Crippen LogP contribution in [0.2, 0.25) is 0 Å². The highest BCUT2D eigenvalue weighted by Crippen LogP contribution is 1.88. The van der Waals surface area contributed by atoms with Crippen LogP contribution >= 0.6 is 0 Å². The van der Waals surface area contributed by atoms with E-state index in [9.17, 15) is 0 Å². The van der Waals surface area contributed by atoms with Gasteiger partial charge in [-0.2, -0.15) is 0 Å². The van der Waals surface area contributed by atoms with Crippen LogP contribution in [-0.2, 0) is 6.54 Å². The maximum atomic E-state index is 4.00. The molecule has 1 aromatic heterocycles. The van der Waals surface area contributed by atoms with Gasteiger partial charge in [-0.1, -0.05) is 6.92 Å². The molecule has 0 saturated carbocycles. The van der Waals surface area contributed by atoms with Gasteiger partial charge in [0.25, 0.3) is 0 Å². The Labute approximate surface area is 92.1 Å². The number of hydrogen-bond donors (Lipinski definition) is 2. The molecule has 0 aromatic carbocycles. The molecular formula is C11H22N4. The van der Waals surface area contributed by atoms with Gasteiger partial charge >= 0.3 is 0 Å². The Bertz CT molecular complexity index is 221. The van der Waals surface area contributed by atoms with Gasteiger partial charge in [0, 0.05) is 32.0 Å². The van der Waals surface area contributed by atoms with E-state index in [2.05, 4.69) is 27.1 Å². The molecule has 0 amide bonds. The number of imidazole rings is 1. The van der Waals surface area contributed by atoms with Gasteiger partial charge in [-0.3, -0.25) is 0 Å². The second kappa shape index (κ2) is 8.44. The lowest BCUT2D eigenvalue weighted by atomic mass is 10.4. The largest absolute Gasteiger partial charge is 0.337 e. The topological polar surface area (TPSA) is 41.9 Å². The molecular weight excluding hydrogens is 188 g/mol. The summed E-state index contributed by atoms with van der Waals surface area (Å²) in [5.41, 5.74) is 0. The van der Waals surface area contributed by atoms with Crippen molar-refractivity contribution in [3.8, 4) is 0 Å². The van der Waals surface area contributed by atoms with Crippen molar-refractivity contribution < 1.29 is 0 Å². The first-order valence-electron chi connectivity index (χ1n) is 5.80. The third-order valence-electron chi connectivity index (χ3n) is 2.23. The first-order chi connectivity index (χ1) is 7.43. The van der Waals surface area contributed by atoms with Crippen molar-refractivity contribution in [2.75, 3.05) is 26.2 Å². The summed E-state index contributed by atoms with van der Waals surface area (Å²) in [6.45, 7) is 7.56. The number of nitrogens with zero attached hydrogens (tertiary/aromatic N) is 2. The van der Waals surface area contributed by atoms with Gasteiger partial charge in [-0.15, -0.1) is 0 Å². The quantitative estimate of drug-likeness (QED) is 0.594. The summed E-state index contributed by atoms with van der Waals surface area (Å²) in [4.78, 5) is 4.00. The minimum absolute atomic E-state index is 1.05. The molecule has 15 heavy (non-hydrogen) atoms. The van der Waals surface area contributed by atoms with E-state index in [1.807, 2.05) is 18.7 Å². The Kier molecular flexibility index (Phi) is 6.86. The zero-order valence-electron chi connectivity index (χ0n) is 9.58. The summed E-state index contributed by atoms with van der Waals surface area (Å²) in [6, 6.07) is 0. The summed E-state index contributed by atoms with van der Waals surface area (Å²) < 4.78 is 2.11. The number of aryl methyl sites for hydroxylation is 1. The van der Waals surface area contributed by atoms with Crippen molar-refractivity contribution in [2.24, 2.45) is 0 Å². The minimum atomic E-state index is 1.05. The molecule has 2 N–H and O–H groups in total. The van der Waals surface area contributed by atoms with Crippen molar-refractivity contribution in [3.63, 3.8) is 0 Å². The molecule has 0 aliphatic rings. The van der Waals surface area contributed by atoms with Crippen LogP contribution in [0.25, 0.3) is 0 Å². The highest BCUT2D eigenvalue weighted by molar-refractivity contribution is 4.73. The van der Waals surface area contributed by atoms with Crippen molar-refractivity contribution in [3.05, 3.63) is 18.7 Å². The Morgan fingerprint density at radius 3 is 2.60 bits per heavy atom. The smallest absolute Gasteiger partial charge is 0.0945 e. The van der Waals surface area contributed by atoms with Crippen LogP contribution in [0.3, 0.4) is 0 Å². The van der Waals surface area contributed by atoms with Gasteiger partial charge in [0.05, 0.1) is 6.33 Å². The van der Waals surface area contributed by atoms with E-state index in [0.717, 1.165) is 39.1 Å². The normalized spacial score (nSPS) is 10.7. The zero-order chi connectivity index (χ0) is 10.8. The van der Waals surface area contributed by atoms with Crippen LogP contribution in [0, 0.1) is 0 Å². The third kappa shape index (κ3) is 6.25. The minimum Gasteiger partial charge on any atom is -0.337 e. The highest BCUT2D eigenvalue weighted by atomic mass is 15.0. The molecule has 1 heterocycles. The van der Waals surface area contributed by atoms with Gasteiger partial charge in [0.2, 0.25) is 0 Å². The van der Waals surface area contributed by atoms with E-state index < -0.39 is 0 Å². The van der Waals surface area contributed by atoms with E-state index in [1.54, 1.807) is 0 Å². The maximum absolute atomic E-state index is 4.00. The fraction of sp³-hybridized carbons (Fsp3) is 0.727.